The second-order valence-electron chi connectivity index (χ2n) is 17.4. The zero-order valence-corrected chi connectivity index (χ0v) is 33.7. The Labute approximate surface area is 306 Å². The van der Waals surface area contributed by atoms with E-state index in [1.54, 1.807) is 0 Å². The van der Waals surface area contributed by atoms with E-state index in [0.29, 0.717) is 39.0 Å². The molecule has 3 fully saturated rings. The van der Waals surface area contributed by atoms with Crippen LogP contribution in [0.1, 0.15) is 108 Å². The molecule has 1 saturated carbocycles. The van der Waals surface area contributed by atoms with Gasteiger partial charge in [-0.25, -0.2) is 4.79 Å². The van der Waals surface area contributed by atoms with Gasteiger partial charge >= 0.3 is 6.03 Å². The summed E-state index contributed by atoms with van der Waals surface area (Å²) < 4.78 is 29.5. The molecule has 0 aromatic carbocycles. The molecule has 2 heterocycles. The van der Waals surface area contributed by atoms with Crippen molar-refractivity contribution >= 4 is 39.7 Å². The van der Waals surface area contributed by atoms with Crippen molar-refractivity contribution in [1.82, 2.24) is 34.8 Å². The van der Waals surface area contributed by atoms with Crippen LogP contribution in [0.3, 0.4) is 0 Å². The highest BCUT2D eigenvalue weighted by atomic mass is 32.2. The number of urea groups is 1. The van der Waals surface area contributed by atoms with Crippen molar-refractivity contribution in [3.8, 4) is 0 Å². The molecule has 15 heteroatoms. The predicted molar refractivity (Wildman–Crippen MR) is 197 cm³/mol. The van der Waals surface area contributed by atoms with Crippen LogP contribution in [0, 0.1) is 28.1 Å². The van der Waals surface area contributed by atoms with Crippen molar-refractivity contribution in [2.75, 3.05) is 39.8 Å². The number of fused-ring (bicyclic) bond motifs is 1. The third kappa shape index (κ3) is 10.0. The van der Waals surface area contributed by atoms with Crippen molar-refractivity contribution in [1.29, 1.82) is 0 Å². The first-order chi connectivity index (χ1) is 23.5. The van der Waals surface area contributed by atoms with Crippen molar-refractivity contribution in [3.63, 3.8) is 0 Å². The van der Waals surface area contributed by atoms with Crippen LogP contribution in [0.15, 0.2) is 0 Å². The Balaban J connectivity index is 1.81. The van der Waals surface area contributed by atoms with Gasteiger partial charge in [0.25, 0.3) is 16.1 Å². The van der Waals surface area contributed by atoms with E-state index in [9.17, 15) is 32.4 Å². The lowest BCUT2D eigenvalue weighted by Gasteiger charge is -2.39. The third-order valence-corrected chi connectivity index (χ3v) is 12.9. The number of nitrogens with zero attached hydrogens (tertiary/aromatic N) is 3. The molecule has 0 radical (unpaired) electrons. The summed E-state index contributed by atoms with van der Waals surface area (Å²) in [6.07, 6.45) is 4.11. The van der Waals surface area contributed by atoms with Crippen molar-refractivity contribution in [2.45, 2.75) is 132 Å². The van der Waals surface area contributed by atoms with Gasteiger partial charge in [0.05, 0.1) is 6.04 Å². The van der Waals surface area contributed by atoms with Crippen LogP contribution in [-0.2, 0) is 29.4 Å². The number of likely N-dealkylation sites (tertiary alicyclic amines) is 1. The van der Waals surface area contributed by atoms with Gasteiger partial charge in [-0.15, -0.1) is 0 Å². The smallest absolute Gasteiger partial charge is 0.315 e. The second kappa shape index (κ2) is 16.5. The molecule has 1 unspecified atom stereocenters. The third-order valence-electron chi connectivity index (χ3n) is 10.9. The maximum Gasteiger partial charge on any atom is 0.315 e. The Morgan fingerprint density at radius 2 is 1.49 bits per heavy atom. The maximum atomic E-state index is 14.4. The molecule has 0 aromatic rings. The van der Waals surface area contributed by atoms with Crippen LogP contribution in [0.4, 0.5) is 4.79 Å². The van der Waals surface area contributed by atoms with Crippen LogP contribution in [0.2, 0.25) is 0 Å². The number of nitrogens with one attached hydrogen (secondary N) is 4. The molecular formula is C36H65N7O7S. The van der Waals surface area contributed by atoms with Crippen molar-refractivity contribution < 1.29 is 32.4 Å². The van der Waals surface area contributed by atoms with Crippen molar-refractivity contribution in [3.05, 3.63) is 0 Å². The molecule has 292 valence electrons. The van der Waals surface area contributed by atoms with E-state index in [4.69, 9.17) is 0 Å². The van der Waals surface area contributed by atoms with Gasteiger partial charge in [-0.2, -0.15) is 17.0 Å². The number of likely N-dealkylation sites (N-methyl/N-ethyl adjacent to an activating group) is 1. The minimum absolute atomic E-state index is 0.0326. The largest absolute Gasteiger partial charge is 0.349 e. The lowest BCUT2D eigenvalue weighted by Crippen LogP contribution is -2.63. The molecule has 51 heavy (non-hydrogen) atoms. The number of rotatable bonds is 15. The molecule has 3 aliphatic rings. The highest BCUT2D eigenvalue weighted by Gasteiger charge is 2.70. The Hall–Kier alpha value is -2.78. The summed E-state index contributed by atoms with van der Waals surface area (Å²) in [7, 11) is -2.20. The van der Waals surface area contributed by atoms with Gasteiger partial charge in [0, 0.05) is 45.8 Å². The number of hydrogen-bond acceptors (Lipinski definition) is 7. The Bertz CT molecular complexity index is 1400. The SMILES string of the molecule is CCCNC(=O)C(=O)C(CCC)NC(=O)[C@@H]1[C@@H]2[C@H](CN1C(=O)[C@@H](NC(=O)N[C@H](CN(C)S(=O)(=O)N1CCCCC1)C(C)(C)C)C(C)(C)C)C2(C)C. The van der Waals surface area contributed by atoms with Gasteiger partial charge in [0.2, 0.25) is 17.6 Å². The molecule has 14 nitrogen and oxygen atoms in total. The minimum Gasteiger partial charge on any atom is -0.349 e. The zero-order valence-electron chi connectivity index (χ0n) is 32.8. The predicted octanol–water partition coefficient (Wildman–Crippen LogP) is 2.64. The van der Waals surface area contributed by atoms with Crippen molar-refractivity contribution in [2.24, 2.45) is 28.1 Å². The van der Waals surface area contributed by atoms with E-state index in [1.807, 2.05) is 55.4 Å². The topological polar surface area (TPSA) is 177 Å². The minimum atomic E-state index is -3.72. The Morgan fingerprint density at radius 1 is 0.882 bits per heavy atom. The fourth-order valence-electron chi connectivity index (χ4n) is 7.44. The van der Waals surface area contributed by atoms with Crippen LogP contribution >= 0.6 is 0 Å². The van der Waals surface area contributed by atoms with Gasteiger partial charge in [-0.3, -0.25) is 19.2 Å². The van der Waals surface area contributed by atoms with E-state index >= 15 is 0 Å². The number of carbonyl (C=O) groups is 5. The van der Waals surface area contributed by atoms with Gasteiger partial charge in [0.1, 0.15) is 12.1 Å². The zero-order chi connectivity index (χ0) is 38.7. The highest BCUT2D eigenvalue weighted by Crippen LogP contribution is 2.65. The van der Waals surface area contributed by atoms with Gasteiger partial charge in [-0.05, 0) is 53.8 Å². The molecule has 0 bridgehead atoms. The number of Topliss-reactive ketones (excluding diaryl/α,β-unsaturated/α-hetero) is 1. The average molecular weight is 740 g/mol. The van der Waals surface area contributed by atoms with Crippen LogP contribution < -0.4 is 21.3 Å². The molecule has 3 rings (SSSR count). The molecule has 1 aliphatic carbocycles. The summed E-state index contributed by atoms with van der Waals surface area (Å²) in [6.45, 7) is 20.7. The first kappa shape index (κ1) is 42.6. The van der Waals surface area contributed by atoms with E-state index in [1.165, 1.54) is 20.6 Å². The number of amides is 5. The Kier molecular flexibility index (Phi) is 13.8. The standard InChI is InChI=1S/C36H65N7O7S/c1-12-17-24(28(44)31(46)37-18-13-2)38-30(45)27-26-23(36(26,9)10)21-43(27)32(47)29(35(6,7)8)40-33(48)39-25(34(3,4)5)22-41(11)51(49,50)42-19-15-14-16-20-42/h23-27,29H,12-22H2,1-11H3,(H,37,46)(H,38,45)(H2,39,40,48)/t23-,24?,25+,26-,27-,29+/m0/s1. The molecule has 5 amide bonds. The molecule has 2 saturated heterocycles. The number of carbonyl (C=O) groups excluding carboxylic acids is 5. The molecule has 0 aromatic heterocycles. The van der Waals surface area contributed by atoms with Crippen LogP contribution in [-0.4, -0.2) is 115 Å². The summed E-state index contributed by atoms with van der Waals surface area (Å²) in [5.74, 6) is -2.45. The molecule has 4 N–H and O–H groups in total. The monoisotopic (exact) mass is 739 g/mol. The maximum absolute atomic E-state index is 14.4. The summed E-state index contributed by atoms with van der Waals surface area (Å²) in [5.41, 5.74) is -1.50. The van der Waals surface area contributed by atoms with Crippen LogP contribution in [0.5, 0.6) is 0 Å². The highest BCUT2D eigenvalue weighted by molar-refractivity contribution is 7.86. The first-order valence-corrected chi connectivity index (χ1v) is 20.1. The van der Waals surface area contributed by atoms with Gasteiger partial charge in [-0.1, -0.05) is 82.1 Å². The lowest BCUT2D eigenvalue weighted by atomic mass is 9.85. The summed E-state index contributed by atoms with van der Waals surface area (Å²) >= 11 is 0. The average Bonchev–Trinajstić information content (AvgIpc) is 3.34. The molecule has 6 atom stereocenters. The number of hydrogen-bond donors (Lipinski definition) is 4. The summed E-state index contributed by atoms with van der Waals surface area (Å²) in [4.78, 5) is 69.3. The van der Waals surface area contributed by atoms with Crippen LogP contribution in [0.25, 0.3) is 0 Å². The van der Waals surface area contributed by atoms with E-state index in [2.05, 4.69) is 35.1 Å². The van der Waals surface area contributed by atoms with E-state index in [-0.39, 0.29) is 30.2 Å². The molecular weight excluding hydrogens is 675 g/mol. The number of piperidine rings is 2. The van der Waals surface area contributed by atoms with E-state index < -0.39 is 74.7 Å². The molecule has 2 aliphatic heterocycles. The quantitative estimate of drug-likeness (QED) is 0.187. The molecule has 0 spiro atoms. The van der Waals surface area contributed by atoms with Gasteiger partial charge in [0.15, 0.2) is 0 Å². The Morgan fingerprint density at radius 3 is 2.02 bits per heavy atom. The fraction of sp³-hybridized carbons (Fsp3) is 0.861. The number of ketones is 1. The normalized spacial score (nSPS) is 23.8. The summed E-state index contributed by atoms with van der Waals surface area (Å²) in [5, 5.41) is 11.2. The fourth-order valence-corrected chi connectivity index (χ4v) is 8.89. The summed E-state index contributed by atoms with van der Waals surface area (Å²) in [6, 6.07) is -4.15. The van der Waals surface area contributed by atoms with E-state index in [0.717, 1.165) is 19.3 Å². The van der Waals surface area contributed by atoms with Gasteiger partial charge < -0.3 is 26.2 Å². The first-order valence-electron chi connectivity index (χ1n) is 18.7. The lowest BCUT2D eigenvalue weighted by molar-refractivity contribution is -0.145. The second-order valence-corrected chi connectivity index (χ2v) is 19.5.